The molecule has 3 aliphatic rings. The van der Waals surface area contributed by atoms with Crippen molar-refractivity contribution in [1.29, 1.82) is 0 Å². The molecule has 0 spiro atoms. The third kappa shape index (κ3) is 4.97. The van der Waals surface area contributed by atoms with E-state index in [0.717, 1.165) is 31.7 Å². The molecule has 3 fully saturated rings. The highest BCUT2D eigenvalue weighted by atomic mass is 32.2. The second-order valence-corrected chi connectivity index (χ2v) is 10.6. The van der Waals surface area contributed by atoms with E-state index in [-0.39, 0.29) is 0 Å². The summed E-state index contributed by atoms with van der Waals surface area (Å²) in [4.78, 5) is 5.42. The molecule has 0 saturated carbocycles. The number of nitrogens with zero attached hydrogens (tertiary/aromatic N) is 3. The Labute approximate surface area is 187 Å². The highest BCUT2D eigenvalue weighted by Gasteiger charge is 2.51. The molecule has 0 bridgehead atoms. The van der Waals surface area contributed by atoms with Gasteiger partial charge in [-0.15, -0.1) is 0 Å². The van der Waals surface area contributed by atoms with E-state index in [9.17, 15) is 8.42 Å². The quantitative estimate of drug-likeness (QED) is 0.680. The van der Waals surface area contributed by atoms with Crippen LogP contribution in [0.2, 0.25) is 0 Å². The molecule has 0 aliphatic carbocycles. The van der Waals surface area contributed by atoms with E-state index in [4.69, 9.17) is 0 Å². The minimum absolute atomic E-state index is 0.350. The van der Waals surface area contributed by atoms with Gasteiger partial charge in [-0.1, -0.05) is 43.2 Å². The number of fused-ring (bicyclic) bond motifs is 1. The fourth-order valence-electron chi connectivity index (χ4n) is 4.91. The molecule has 2 atom stereocenters. The molecule has 0 amide bonds. The molecule has 2 radical (unpaired) electrons. The molecule has 3 heterocycles. The van der Waals surface area contributed by atoms with Gasteiger partial charge in [0.1, 0.15) is 13.1 Å². The predicted octanol–water partition coefficient (Wildman–Crippen LogP) is 3.81. The molecule has 2 aromatic rings. The Hall–Kier alpha value is -1.89. The van der Waals surface area contributed by atoms with Crippen molar-refractivity contribution in [1.82, 2.24) is 10.2 Å². The van der Waals surface area contributed by atoms with Gasteiger partial charge in [-0.3, -0.25) is 0 Å². The van der Waals surface area contributed by atoms with Crippen molar-refractivity contribution in [3.63, 3.8) is 0 Å². The van der Waals surface area contributed by atoms with Crippen LogP contribution in [-0.2, 0) is 9.84 Å². The molecule has 3 aliphatic heterocycles. The highest BCUT2D eigenvalue weighted by Crippen LogP contribution is 2.36. The van der Waals surface area contributed by atoms with Crippen molar-refractivity contribution in [2.75, 3.05) is 38.1 Å². The number of hydrogen-bond acceptors (Lipinski definition) is 4. The van der Waals surface area contributed by atoms with Crippen LogP contribution in [0.25, 0.3) is 0 Å². The molecule has 31 heavy (non-hydrogen) atoms. The third-order valence-electron chi connectivity index (χ3n) is 6.81. The number of para-hydroxylation sites is 1. The first-order chi connectivity index (χ1) is 15.1. The van der Waals surface area contributed by atoms with Crippen LogP contribution < -0.4 is 15.1 Å². The zero-order chi connectivity index (χ0) is 21.7. The first kappa shape index (κ1) is 22.3. The van der Waals surface area contributed by atoms with Gasteiger partial charge < -0.3 is 4.90 Å². The summed E-state index contributed by atoms with van der Waals surface area (Å²) in [7, 11) is -1.48. The molecule has 0 N–H and O–H groups in total. The Bertz CT molecular complexity index is 929. The normalized spacial score (nSPS) is 23.6. The van der Waals surface area contributed by atoms with Crippen molar-refractivity contribution in [3.05, 3.63) is 54.6 Å². The summed E-state index contributed by atoms with van der Waals surface area (Å²) < 4.78 is 26.2. The lowest BCUT2D eigenvalue weighted by Gasteiger charge is -2.34. The van der Waals surface area contributed by atoms with Crippen molar-refractivity contribution in [3.8, 4) is 0 Å². The van der Waals surface area contributed by atoms with Crippen LogP contribution in [0.4, 0.5) is 5.69 Å². The number of hydrogen-bond donors (Lipinski definition) is 0. The smallest absolute Gasteiger partial charge is 0.208 e. The zero-order valence-electron chi connectivity index (χ0n) is 18.5. The molecule has 6 heteroatoms. The average molecular weight is 441 g/mol. The Balaban J connectivity index is 0.000000282. The van der Waals surface area contributed by atoms with Crippen molar-refractivity contribution >= 4 is 15.5 Å². The Morgan fingerprint density at radius 3 is 2.16 bits per heavy atom. The summed E-state index contributed by atoms with van der Waals surface area (Å²) in [5.41, 5.74) is 0.806. The summed E-state index contributed by atoms with van der Waals surface area (Å²) in [5, 5.41) is 4.27. The lowest BCUT2D eigenvalue weighted by Crippen LogP contribution is -2.55. The average Bonchev–Trinajstić information content (AvgIpc) is 2.98. The van der Waals surface area contributed by atoms with Crippen molar-refractivity contribution < 1.29 is 8.42 Å². The molecule has 3 saturated heterocycles. The topological polar surface area (TPSA) is 57.4 Å². The van der Waals surface area contributed by atoms with Crippen molar-refractivity contribution in [2.45, 2.75) is 60.4 Å². The van der Waals surface area contributed by atoms with E-state index in [1.807, 2.05) is 25.2 Å². The highest BCUT2D eigenvalue weighted by molar-refractivity contribution is 7.91. The van der Waals surface area contributed by atoms with Crippen LogP contribution in [0, 0.1) is 0 Å². The third-order valence-corrected chi connectivity index (χ3v) is 8.62. The van der Waals surface area contributed by atoms with Gasteiger partial charge in [0.25, 0.3) is 0 Å². The predicted molar refractivity (Wildman–Crippen MR) is 126 cm³/mol. The molecule has 0 aromatic heterocycles. The van der Waals surface area contributed by atoms with Gasteiger partial charge in [-0.05, 0) is 37.1 Å². The van der Waals surface area contributed by atoms with Gasteiger partial charge in [0.15, 0.2) is 6.04 Å². The van der Waals surface area contributed by atoms with Gasteiger partial charge in [0.2, 0.25) is 9.84 Å². The van der Waals surface area contributed by atoms with Crippen molar-refractivity contribution in [2.24, 2.45) is 0 Å². The number of sulfone groups is 1. The van der Waals surface area contributed by atoms with Crippen LogP contribution in [0.3, 0.4) is 0 Å². The minimum Gasteiger partial charge on any atom is -0.364 e. The fraction of sp³-hybridized carbons (Fsp3) is 0.520. The van der Waals surface area contributed by atoms with Crippen LogP contribution in [0.1, 0.15) is 38.5 Å². The second kappa shape index (κ2) is 10.2. The maximum atomic E-state index is 13.1. The molecular formula is C25H34N3O2S+. The maximum Gasteiger partial charge on any atom is 0.208 e. The lowest BCUT2D eigenvalue weighted by molar-refractivity contribution is 0.239. The first-order valence-corrected chi connectivity index (χ1v) is 13.1. The number of rotatable bonds is 4. The summed E-state index contributed by atoms with van der Waals surface area (Å²) in [6.07, 6.45) is 7.79. The molecule has 2 aromatic carbocycles. The fourth-order valence-corrected chi connectivity index (χ4v) is 6.42. The van der Waals surface area contributed by atoms with E-state index in [2.05, 4.69) is 15.1 Å². The first-order valence-electron chi connectivity index (χ1n) is 11.6. The SMILES string of the molecule is C1CCC[N]CC1.CN(c1ccccc1S(=O)(=O)c1ccccc1)C1CC[N+]2CCC12. The monoisotopic (exact) mass is 440 g/mol. The van der Waals surface area contributed by atoms with Crippen LogP contribution >= 0.6 is 0 Å². The molecular weight excluding hydrogens is 406 g/mol. The molecule has 166 valence electrons. The van der Waals surface area contributed by atoms with Crippen LogP contribution in [0.5, 0.6) is 0 Å². The number of anilines is 1. The van der Waals surface area contributed by atoms with E-state index < -0.39 is 9.84 Å². The van der Waals surface area contributed by atoms with Crippen LogP contribution in [0.15, 0.2) is 64.4 Å². The standard InChI is InChI=1S/C19H22N2O2S.C6H12N/c1-20(16-11-13-21-14-12-17(16)21)18-9-5-6-10-19(18)24(22,23)15-7-3-2-4-8-15;1-2-4-6-7-5-3-1/h2-10,16-17H,11-14H2,1H3;1-6H2/q+1;. The van der Waals surface area contributed by atoms with E-state index in [0.29, 0.717) is 21.9 Å². The Morgan fingerprint density at radius 1 is 0.871 bits per heavy atom. The van der Waals surface area contributed by atoms with Gasteiger partial charge >= 0.3 is 0 Å². The van der Waals surface area contributed by atoms with E-state index in [1.54, 1.807) is 36.4 Å². The van der Waals surface area contributed by atoms with Gasteiger partial charge in [0, 0.05) is 26.6 Å². The van der Waals surface area contributed by atoms with Gasteiger partial charge in [-0.25, -0.2) is 13.7 Å². The summed E-state index contributed by atoms with van der Waals surface area (Å²) in [6, 6.07) is 17.0. The summed E-state index contributed by atoms with van der Waals surface area (Å²) in [5.74, 6) is 0. The minimum atomic E-state index is -3.51. The molecule has 5 nitrogen and oxygen atoms in total. The lowest BCUT2D eigenvalue weighted by atomic mass is 9.98. The summed E-state index contributed by atoms with van der Waals surface area (Å²) >= 11 is 0. The Kier molecular flexibility index (Phi) is 7.31. The molecule has 5 rings (SSSR count). The largest absolute Gasteiger partial charge is 0.364 e. The maximum absolute atomic E-state index is 13.1. The molecule has 2 unspecified atom stereocenters. The van der Waals surface area contributed by atoms with Gasteiger partial charge in [0.05, 0.1) is 27.9 Å². The zero-order valence-corrected chi connectivity index (χ0v) is 19.3. The van der Waals surface area contributed by atoms with Crippen LogP contribution in [-0.4, -0.2) is 53.7 Å². The Morgan fingerprint density at radius 2 is 1.52 bits per heavy atom. The second-order valence-electron chi connectivity index (χ2n) is 8.73. The number of likely N-dealkylation sites (N-methyl/N-ethyl adjacent to an activating group) is 1. The number of benzene rings is 2. The van der Waals surface area contributed by atoms with E-state index in [1.165, 1.54) is 38.6 Å². The van der Waals surface area contributed by atoms with Gasteiger partial charge in [-0.2, -0.15) is 4.90 Å². The van der Waals surface area contributed by atoms with E-state index >= 15 is 0 Å². The summed E-state index contributed by atoms with van der Waals surface area (Å²) in [6.45, 7) is 4.55.